The van der Waals surface area contributed by atoms with Gasteiger partial charge in [-0.2, -0.15) is 10.2 Å². The van der Waals surface area contributed by atoms with Crippen molar-refractivity contribution in [3.05, 3.63) is 35.4 Å². The van der Waals surface area contributed by atoms with Gasteiger partial charge in [0.25, 0.3) is 5.91 Å². The van der Waals surface area contributed by atoms with Gasteiger partial charge in [0.05, 0.1) is 23.8 Å². The maximum Gasteiger partial charge on any atom is 0.284 e. The standard InChI is InChI=1S/C20H25N5O6/c1-11(14(27)9-26)31-19-15(18(28)25-30-10-20(2,3)29)16(22)23-17(24-19)13-6-4-5-12(7-13)8-21/h4-7,11,14,26-27,29H,9-10H2,1-3H3,(H,25,28)(H2,22,23,24)/t11-,14-/m1/s1. The predicted octanol–water partition coefficient (Wildman–Crippen LogP) is 0.150. The molecule has 2 atom stereocenters. The molecule has 0 bridgehead atoms. The minimum atomic E-state index is -1.25. The van der Waals surface area contributed by atoms with Gasteiger partial charge >= 0.3 is 0 Å². The number of ether oxygens (including phenoxy) is 1. The van der Waals surface area contributed by atoms with Crippen LogP contribution in [0.25, 0.3) is 11.4 Å². The maximum absolute atomic E-state index is 12.6. The lowest BCUT2D eigenvalue weighted by Crippen LogP contribution is -2.35. The first-order valence-corrected chi connectivity index (χ1v) is 9.34. The molecule has 0 fully saturated rings. The Labute approximate surface area is 179 Å². The first-order chi connectivity index (χ1) is 14.6. The summed E-state index contributed by atoms with van der Waals surface area (Å²) in [6.45, 7) is 3.69. The smallest absolute Gasteiger partial charge is 0.284 e. The Morgan fingerprint density at radius 3 is 2.71 bits per heavy atom. The molecule has 0 spiro atoms. The molecule has 0 aliphatic carbocycles. The van der Waals surface area contributed by atoms with E-state index in [1.165, 1.54) is 26.8 Å². The van der Waals surface area contributed by atoms with E-state index in [9.17, 15) is 15.0 Å². The van der Waals surface area contributed by atoms with Gasteiger partial charge in [0.2, 0.25) is 5.88 Å². The van der Waals surface area contributed by atoms with E-state index in [1.807, 2.05) is 6.07 Å². The van der Waals surface area contributed by atoms with Crippen LogP contribution in [-0.4, -0.2) is 62.2 Å². The molecule has 0 radical (unpaired) electrons. The third-order valence-corrected chi connectivity index (χ3v) is 4.00. The third-order valence-electron chi connectivity index (χ3n) is 4.00. The largest absolute Gasteiger partial charge is 0.471 e. The lowest BCUT2D eigenvalue weighted by atomic mass is 10.1. The van der Waals surface area contributed by atoms with Gasteiger partial charge in [-0.3, -0.25) is 9.63 Å². The molecule has 0 saturated heterocycles. The number of hydroxylamine groups is 1. The van der Waals surface area contributed by atoms with Crippen LogP contribution in [0.2, 0.25) is 0 Å². The Hall–Kier alpha value is -3.30. The summed E-state index contributed by atoms with van der Waals surface area (Å²) in [5, 5.41) is 37.8. The quantitative estimate of drug-likeness (QED) is 0.342. The number of hydrogen-bond donors (Lipinski definition) is 5. The average Bonchev–Trinajstić information content (AvgIpc) is 2.71. The highest BCUT2D eigenvalue weighted by Crippen LogP contribution is 2.27. The van der Waals surface area contributed by atoms with E-state index in [0.717, 1.165) is 0 Å². The van der Waals surface area contributed by atoms with Crippen molar-refractivity contribution in [2.24, 2.45) is 0 Å². The van der Waals surface area contributed by atoms with Crippen LogP contribution in [0.15, 0.2) is 24.3 Å². The number of aliphatic hydroxyl groups excluding tert-OH is 2. The molecule has 0 unspecified atom stereocenters. The van der Waals surface area contributed by atoms with Crippen LogP contribution in [0, 0.1) is 11.3 Å². The van der Waals surface area contributed by atoms with Crippen LogP contribution in [0.4, 0.5) is 5.82 Å². The van der Waals surface area contributed by atoms with Crippen molar-refractivity contribution in [3.8, 4) is 23.3 Å². The molecule has 11 nitrogen and oxygen atoms in total. The van der Waals surface area contributed by atoms with E-state index >= 15 is 0 Å². The second-order valence-electron chi connectivity index (χ2n) is 7.41. The lowest BCUT2D eigenvalue weighted by Gasteiger charge is -2.21. The second kappa shape index (κ2) is 10.1. The molecular formula is C20H25N5O6. The monoisotopic (exact) mass is 431 g/mol. The van der Waals surface area contributed by atoms with Crippen molar-refractivity contribution >= 4 is 11.7 Å². The first-order valence-electron chi connectivity index (χ1n) is 9.34. The van der Waals surface area contributed by atoms with Crippen LogP contribution < -0.4 is 16.0 Å². The Morgan fingerprint density at radius 1 is 1.39 bits per heavy atom. The van der Waals surface area contributed by atoms with Gasteiger partial charge in [-0.15, -0.1) is 0 Å². The zero-order valence-electron chi connectivity index (χ0n) is 17.4. The summed E-state index contributed by atoms with van der Waals surface area (Å²) in [6, 6.07) is 8.43. The van der Waals surface area contributed by atoms with E-state index < -0.39 is 30.3 Å². The molecule has 0 aliphatic rings. The number of nitrogens with zero attached hydrogens (tertiary/aromatic N) is 3. The van der Waals surface area contributed by atoms with Gasteiger partial charge in [0, 0.05) is 5.56 Å². The number of aliphatic hydroxyl groups is 3. The lowest BCUT2D eigenvalue weighted by molar-refractivity contribution is -0.0524. The Morgan fingerprint density at radius 2 is 2.10 bits per heavy atom. The van der Waals surface area contributed by atoms with Gasteiger partial charge < -0.3 is 25.8 Å². The van der Waals surface area contributed by atoms with Crippen molar-refractivity contribution in [2.45, 2.75) is 38.6 Å². The fourth-order valence-electron chi connectivity index (χ4n) is 2.34. The number of amides is 1. The van der Waals surface area contributed by atoms with Crippen LogP contribution in [-0.2, 0) is 4.84 Å². The highest BCUT2D eigenvalue weighted by atomic mass is 16.7. The van der Waals surface area contributed by atoms with E-state index in [-0.39, 0.29) is 29.7 Å². The predicted molar refractivity (Wildman–Crippen MR) is 109 cm³/mol. The van der Waals surface area contributed by atoms with Crippen LogP contribution >= 0.6 is 0 Å². The summed E-state index contributed by atoms with van der Waals surface area (Å²) in [7, 11) is 0. The topological polar surface area (TPSA) is 184 Å². The van der Waals surface area contributed by atoms with E-state index in [1.54, 1.807) is 18.2 Å². The van der Waals surface area contributed by atoms with Crippen LogP contribution in [0.5, 0.6) is 5.88 Å². The normalized spacial score (nSPS) is 13.2. The van der Waals surface area contributed by atoms with Crippen molar-refractivity contribution in [1.82, 2.24) is 15.4 Å². The van der Waals surface area contributed by atoms with Crippen molar-refractivity contribution in [1.29, 1.82) is 5.26 Å². The Balaban J connectivity index is 2.45. The molecule has 2 rings (SSSR count). The van der Waals surface area contributed by atoms with Crippen molar-refractivity contribution in [2.75, 3.05) is 18.9 Å². The fourth-order valence-corrected chi connectivity index (χ4v) is 2.34. The van der Waals surface area contributed by atoms with Crippen molar-refractivity contribution in [3.63, 3.8) is 0 Å². The molecule has 6 N–H and O–H groups in total. The van der Waals surface area contributed by atoms with E-state index in [0.29, 0.717) is 11.1 Å². The molecule has 166 valence electrons. The summed E-state index contributed by atoms with van der Waals surface area (Å²) in [5.41, 5.74) is 7.51. The summed E-state index contributed by atoms with van der Waals surface area (Å²) >= 11 is 0. The van der Waals surface area contributed by atoms with E-state index in [4.69, 9.17) is 25.7 Å². The summed E-state index contributed by atoms with van der Waals surface area (Å²) in [6.07, 6.45) is -2.19. The Kier molecular flexibility index (Phi) is 7.84. The van der Waals surface area contributed by atoms with Gasteiger partial charge in [-0.05, 0) is 32.9 Å². The molecule has 11 heteroatoms. The average molecular weight is 431 g/mol. The number of carbonyl (C=O) groups excluding carboxylic acids is 1. The molecule has 31 heavy (non-hydrogen) atoms. The number of aromatic nitrogens is 2. The highest BCUT2D eigenvalue weighted by molar-refractivity contribution is 6.00. The number of nitrogen functional groups attached to an aromatic ring is 1. The maximum atomic E-state index is 12.6. The number of anilines is 1. The molecule has 2 aromatic rings. The number of nitrogens with two attached hydrogens (primary N) is 1. The van der Waals surface area contributed by atoms with Crippen molar-refractivity contribution < 1.29 is 29.7 Å². The van der Waals surface area contributed by atoms with Gasteiger partial charge in [0.15, 0.2) is 5.82 Å². The van der Waals surface area contributed by atoms with Crippen LogP contribution in [0.1, 0.15) is 36.7 Å². The molecular weight excluding hydrogens is 406 g/mol. The third kappa shape index (κ3) is 6.59. The molecule has 1 aromatic carbocycles. The van der Waals surface area contributed by atoms with E-state index in [2.05, 4.69) is 15.4 Å². The SMILES string of the molecule is C[C@@H](Oc1nc(-c2cccc(C#N)c2)nc(N)c1C(=O)NOCC(C)(C)O)[C@H](O)CO. The number of rotatable bonds is 9. The molecule has 1 aromatic heterocycles. The Bertz CT molecular complexity index is 970. The molecule has 0 aliphatic heterocycles. The first kappa shape index (κ1) is 24.0. The highest BCUT2D eigenvalue weighted by Gasteiger charge is 2.26. The number of nitriles is 1. The minimum Gasteiger partial charge on any atom is -0.471 e. The number of nitrogens with one attached hydrogen (secondary N) is 1. The number of hydrogen-bond acceptors (Lipinski definition) is 10. The van der Waals surface area contributed by atoms with Gasteiger partial charge in [-0.1, -0.05) is 12.1 Å². The fraction of sp³-hybridized carbons (Fsp3) is 0.400. The summed E-state index contributed by atoms with van der Waals surface area (Å²) in [5.74, 6) is -1.24. The number of benzene rings is 1. The zero-order chi connectivity index (χ0) is 23.2. The molecule has 0 saturated carbocycles. The van der Waals surface area contributed by atoms with Crippen LogP contribution in [0.3, 0.4) is 0 Å². The summed E-state index contributed by atoms with van der Waals surface area (Å²) < 4.78 is 5.59. The summed E-state index contributed by atoms with van der Waals surface area (Å²) in [4.78, 5) is 26.0. The minimum absolute atomic E-state index is 0.0873. The van der Waals surface area contributed by atoms with Gasteiger partial charge in [-0.25, -0.2) is 10.5 Å². The molecule has 1 heterocycles. The molecule has 1 amide bonds. The zero-order valence-corrected chi connectivity index (χ0v) is 17.4. The van der Waals surface area contributed by atoms with Gasteiger partial charge in [0.1, 0.15) is 30.2 Å². The number of carbonyl (C=O) groups is 1. The second-order valence-corrected chi connectivity index (χ2v) is 7.41.